The maximum Gasteiger partial charge on any atom is 0.228 e. The topological polar surface area (TPSA) is 112 Å². The second-order valence-electron chi connectivity index (χ2n) is 8.50. The molecule has 3 heterocycles. The molecule has 1 amide bonds. The average Bonchev–Trinajstić information content (AvgIpc) is 3.35. The van der Waals surface area contributed by atoms with E-state index in [2.05, 4.69) is 43.0 Å². The van der Waals surface area contributed by atoms with Crippen LogP contribution in [0, 0.1) is 11.8 Å². The van der Waals surface area contributed by atoms with E-state index in [4.69, 9.17) is 0 Å². The highest BCUT2D eigenvalue weighted by atomic mass is 16.2. The number of imidazole rings is 1. The van der Waals surface area contributed by atoms with Gasteiger partial charge in [0.25, 0.3) is 0 Å². The number of Topliss-reactive ketones (excluding diaryl/α,β-unsaturated/α-hetero) is 1. The highest BCUT2D eigenvalue weighted by Crippen LogP contribution is 2.48. The van der Waals surface area contributed by atoms with Gasteiger partial charge in [0.2, 0.25) is 5.91 Å². The molecule has 6 rings (SSSR count). The first-order valence-electron chi connectivity index (χ1n) is 10.6. The maximum absolute atomic E-state index is 13.3. The Kier molecular flexibility index (Phi) is 4.21. The number of hydrogen-bond acceptors (Lipinski definition) is 6. The van der Waals surface area contributed by atoms with Gasteiger partial charge in [-0.25, -0.2) is 4.98 Å². The number of aromatic nitrogens is 2. The van der Waals surface area contributed by atoms with Crippen molar-refractivity contribution >= 4 is 11.7 Å². The molecule has 3 N–H and O–H groups in total. The predicted molar refractivity (Wildman–Crippen MR) is 112 cm³/mol. The summed E-state index contributed by atoms with van der Waals surface area (Å²) < 4.78 is 0. The van der Waals surface area contributed by atoms with Crippen molar-refractivity contribution < 1.29 is 9.59 Å². The van der Waals surface area contributed by atoms with Gasteiger partial charge < -0.3 is 10.3 Å². The molecular weight excluding hydrogens is 392 g/mol. The second-order valence-corrected chi connectivity index (χ2v) is 8.50. The first kappa shape index (κ1) is 18.4. The Balaban J connectivity index is 1.26. The zero-order valence-corrected chi connectivity index (χ0v) is 16.8. The van der Waals surface area contributed by atoms with E-state index in [-0.39, 0.29) is 35.6 Å². The van der Waals surface area contributed by atoms with Crippen LogP contribution in [0.3, 0.4) is 0 Å². The van der Waals surface area contributed by atoms with Gasteiger partial charge in [-0.15, -0.1) is 0 Å². The molecule has 2 aliphatic carbocycles. The van der Waals surface area contributed by atoms with Crippen LogP contribution in [0.5, 0.6) is 0 Å². The van der Waals surface area contributed by atoms with Crippen LogP contribution in [0.15, 0.2) is 75.9 Å². The van der Waals surface area contributed by atoms with E-state index in [9.17, 15) is 9.59 Å². The molecule has 0 saturated heterocycles. The molecule has 1 aromatic carbocycles. The van der Waals surface area contributed by atoms with E-state index >= 15 is 0 Å². The number of nitrogens with one attached hydrogen (secondary N) is 3. The molecule has 2 aliphatic heterocycles. The van der Waals surface area contributed by atoms with Gasteiger partial charge in [0.1, 0.15) is 5.82 Å². The van der Waals surface area contributed by atoms with Gasteiger partial charge in [-0.2, -0.15) is 10.2 Å². The van der Waals surface area contributed by atoms with Crippen molar-refractivity contribution in [3.63, 3.8) is 0 Å². The Bertz CT molecular complexity index is 1130. The van der Waals surface area contributed by atoms with E-state index in [1.165, 1.54) is 5.56 Å². The molecule has 8 nitrogen and oxygen atoms in total. The van der Waals surface area contributed by atoms with Crippen molar-refractivity contribution in [3.05, 3.63) is 77.0 Å². The summed E-state index contributed by atoms with van der Waals surface area (Å²) in [5.41, 5.74) is 3.62. The molecule has 0 spiro atoms. The summed E-state index contributed by atoms with van der Waals surface area (Å²) in [7, 11) is 0. The molecule has 1 saturated carbocycles. The second kappa shape index (κ2) is 7.09. The molecule has 3 unspecified atom stereocenters. The zero-order valence-electron chi connectivity index (χ0n) is 16.8. The first-order valence-corrected chi connectivity index (χ1v) is 10.6. The van der Waals surface area contributed by atoms with E-state index in [0.29, 0.717) is 18.8 Å². The van der Waals surface area contributed by atoms with Crippen molar-refractivity contribution in [3.8, 4) is 0 Å². The molecule has 31 heavy (non-hydrogen) atoms. The van der Waals surface area contributed by atoms with Crippen LogP contribution in [0.2, 0.25) is 0 Å². The Labute approximate surface area is 178 Å². The van der Waals surface area contributed by atoms with Crippen LogP contribution in [-0.4, -0.2) is 40.8 Å². The summed E-state index contributed by atoms with van der Waals surface area (Å²) >= 11 is 0. The monoisotopic (exact) mass is 414 g/mol. The van der Waals surface area contributed by atoms with Gasteiger partial charge in [0.15, 0.2) is 5.78 Å². The summed E-state index contributed by atoms with van der Waals surface area (Å²) in [6.07, 6.45) is 6.16. The molecule has 156 valence electrons. The molecule has 2 aromatic rings. The Morgan fingerprint density at radius 2 is 2.03 bits per heavy atom. The van der Waals surface area contributed by atoms with Gasteiger partial charge in [-0.05, 0) is 35.1 Å². The van der Waals surface area contributed by atoms with Crippen LogP contribution in [0.1, 0.15) is 29.8 Å². The van der Waals surface area contributed by atoms with Crippen LogP contribution >= 0.6 is 0 Å². The molecular formula is C23H22N6O2. The number of azo groups is 1. The lowest BCUT2D eigenvalue weighted by Crippen LogP contribution is -2.42. The standard InChI is InChI=1S/C23H22N6O2/c30-21-16-11-27-26-10-15-19(16)17(28-20(15)22-24-6-7-25-22)9-18(21)29-23(31)14-8-13(14)12-4-2-1-3-5-12/h1-7,9,13-14,16-17,20,28H,8,10-11H2,(H,24,25)(H,29,31)/t13-,14+,16?,17?,20?/m0/s1. The largest absolute Gasteiger partial charge is 0.347 e. The van der Waals surface area contributed by atoms with Gasteiger partial charge in [-0.1, -0.05) is 30.3 Å². The average molecular weight is 414 g/mol. The quantitative estimate of drug-likeness (QED) is 0.666. The highest BCUT2D eigenvalue weighted by molar-refractivity contribution is 6.04. The summed E-state index contributed by atoms with van der Waals surface area (Å²) in [5.74, 6) is 0.353. The third kappa shape index (κ3) is 3.06. The third-order valence-corrected chi connectivity index (χ3v) is 6.70. The van der Waals surface area contributed by atoms with Gasteiger partial charge >= 0.3 is 0 Å². The molecule has 1 fully saturated rings. The normalized spacial score (nSPS) is 31.2. The molecule has 0 bridgehead atoms. The fourth-order valence-corrected chi connectivity index (χ4v) is 5.08. The van der Waals surface area contributed by atoms with E-state index in [1.54, 1.807) is 12.4 Å². The van der Waals surface area contributed by atoms with Gasteiger partial charge in [-0.3, -0.25) is 14.9 Å². The number of carbonyl (C=O) groups excluding carboxylic acids is 2. The number of amides is 1. The number of rotatable bonds is 4. The highest BCUT2D eigenvalue weighted by Gasteiger charge is 2.47. The SMILES string of the molecule is O=C1C(NC(=O)[C@@H]2C[C@H]2c2ccccc2)=CC2NC(c3ncc[nH]3)C3=C2C1CN=NC3. The van der Waals surface area contributed by atoms with Crippen molar-refractivity contribution in [2.45, 2.75) is 24.4 Å². The van der Waals surface area contributed by atoms with Crippen LogP contribution < -0.4 is 10.6 Å². The van der Waals surface area contributed by atoms with E-state index in [0.717, 1.165) is 23.4 Å². The molecule has 4 aliphatic rings. The lowest BCUT2D eigenvalue weighted by atomic mass is 9.81. The number of benzene rings is 1. The fraction of sp³-hybridized carbons (Fsp3) is 0.348. The van der Waals surface area contributed by atoms with E-state index < -0.39 is 5.92 Å². The zero-order chi connectivity index (χ0) is 20.9. The third-order valence-electron chi connectivity index (χ3n) is 6.70. The molecule has 8 heteroatoms. The summed E-state index contributed by atoms with van der Waals surface area (Å²) in [4.78, 5) is 33.7. The lowest BCUT2D eigenvalue weighted by Gasteiger charge is -2.27. The number of H-pyrrole nitrogens is 1. The van der Waals surface area contributed by atoms with Gasteiger partial charge in [0.05, 0.1) is 36.8 Å². The Hall–Kier alpha value is -3.39. The predicted octanol–water partition coefficient (Wildman–Crippen LogP) is 2.19. The molecule has 5 atom stereocenters. The van der Waals surface area contributed by atoms with Gasteiger partial charge in [0, 0.05) is 18.3 Å². The number of allylic oxidation sites excluding steroid dienone is 1. The summed E-state index contributed by atoms with van der Waals surface area (Å²) in [6, 6.07) is 9.77. The minimum Gasteiger partial charge on any atom is -0.347 e. The number of ketones is 1. The smallest absolute Gasteiger partial charge is 0.228 e. The number of hydrogen-bond donors (Lipinski definition) is 3. The minimum absolute atomic E-state index is 0.0862. The van der Waals surface area contributed by atoms with Crippen molar-refractivity contribution in [2.24, 2.45) is 22.1 Å². The Morgan fingerprint density at radius 3 is 2.84 bits per heavy atom. The summed E-state index contributed by atoms with van der Waals surface area (Å²) in [5, 5.41) is 15.0. The molecule has 0 radical (unpaired) electrons. The maximum atomic E-state index is 13.3. The van der Waals surface area contributed by atoms with Crippen LogP contribution in [0.25, 0.3) is 0 Å². The molecule has 1 aromatic heterocycles. The number of aromatic amines is 1. The number of nitrogens with zero attached hydrogens (tertiary/aromatic N) is 3. The van der Waals surface area contributed by atoms with E-state index in [1.807, 2.05) is 24.3 Å². The number of carbonyl (C=O) groups is 2. The summed E-state index contributed by atoms with van der Waals surface area (Å²) in [6.45, 7) is 0.758. The van der Waals surface area contributed by atoms with Crippen LogP contribution in [0.4, 0.5) is 0 Å². The fourth-order valence-electron chi connectivity index (χ4n) is 5.08. The minimum atomic E-state index is -0.400. The first-order chi connectivity index (χ1) is 15.2. The lowest BCUT2D eigenvalue weighted by molar-refractivity contribution is -0.125. The van der Waals surface area contributed by atoms with Crippen LogP contribution in [-0.2, 0) is 9.59 Å². The van der Waals surface area contributed by atoms with Crippen molar-refractivity contribution in [1.82, 2.24) is 20.6 Å². The van der Waals surface area contributed by atoms with Crippen molar-refractivity contribution in [2.75, 3.05) is 13.1 Å². The Morgan fingerprint density at radius 1 is 1.16 bits per heavy atom. The van der Waals surface area contributed by atoms with Crippen molar-refractivity contribution in [1.29, 1.82) is 0 Å².